The molecule has 6 nitrogen and oxygen atoms in total. The fourth-order valence-electron chi connectivity index (χ4n) is 2.90. The van der Waals surface area contributed by atoms with Gasteiger partial charge in [-0.3, -0.25) is 4.79 Å². The molecule has 7 heteroatoms. The highest BCUT2D eigenvalue weighted by atomic mass is 35.5. The number of rotatable bonds is 1. The van der Waals surface area contributed by atoms with E-state index >= 15 is 0 Å². The van der Waals surface area contributed by atoms with Gasteiger partial charge in [0.2, 0.25) is 0 Å². The second kappa shape index (κ2) is 5.07. The number of carbonyl (C=O) groups is 2. The van der Waals surface area contributed by atoms with E-state index in [9.17, 15) is 9.59 Å². The largest absolute Gasteiger partial charge is 0.444 e. The van der Waals surface area contributed by atoms with Crippen molar-refractivity contribution in [2.45, 2.75) is 32.0 Å². The minimum absolute atomic E-state index is 0.0720. The van der Waals surface area contributed by atoms with Gasteiger partial charge in [0.05, 0.1) is 13.1 Å². The van der Waals surface area contributed by atoms with Gasteiger partial charge in [-0.2, -0.15) is 0 Å². The first-order chi connectivity index (χ1) is 9.17. The van der Waals surface area contributed by atoms with Crippen LogP contribution < -0.4 is 0 Å². The van der Waals surface area contributed by atoms with Crippen molar-refractivity contribution in [1.29, 1.82) is 0 Å². The van der Waals surface area contributed by atoms with Crippen LogP contribution in [0.4, 0.5) is 9.59 Å². The van der Waals surface area contributed by atoms with Crippen LogP contribution in [0.15, 0.2) is 0 Å². The van der Waals surface area contributed by atoms with Gasteiger partial charge < -0.3 is 19.3 Å². The summed E-state index contributed by atoms with van der Waals surface area (Å²) in [5.41, 5.74) is -1.05. The Kier molecular flexibility index (Phi) is 3.90. The molecule has 20 heavy (non-hydrogen) atoms. The smallest absolute Gasteiger partial charge is 0.410 e. The summed E-state index contributed by atoms with van der Waals surface area (Å²) in [5.74, 6) is 0.0720. The van der Waals surface area contributed by atoms with E-state index in [1.807, 2.05) is 20.8 Å². The molecule has 2 aliphatic heterocycles. The summed E-state index contributed by atoms with van der Waals surface area (Å²) >= 11 is 5.53. The molecular formula is C13H21ClN2O4. The lowest BCUT2D eigenvalue weighted by Gasteiger charge is -2.28. The molecule has 0 aromatic carbocycles. The van der Waals surface area contributed by atoms with Crippen LogP contribution in [-0.4, -0.2) is 65.8 Å². The third-order valence-electron chi connectivity index (χ3n) is 3.85. The Labute approximate surface area is 123 Å². The molecular weight excluding hydrogens is 284 g/mol. The molecule has 2 heterocycles. The molecule has 0 bridgehead atoms. The van der Waals surface area contributed by atoms with Crippen LogP contribution in [0.1, 0.15) is 20.8 Å². The molecule has 0 radical (unpaired) electrons. The van der Waals surface area contributed by atoms with Crippen LogP contribution in [0.2, 0.25) is 0 Å². The first-order valence-corrected chi connectivity index (χ1v) is 7.02. The predicted octanol–water partition coefficient (Wildman–Crippen LogP) is 1.91. The second-order valence-corrected chi connectivity index (χ2v) is 6.78. The Balaban J connectivity index is 2.05. The van der Waals surface area contributed by atoms with Crippen LogP contribution in [-0.2, 0) is 9.47 Å². The van der Waals surface area contributed by atoms with Crippen molar-refractivity contribution in [1.82, 2.24) is 9.80 Å². The Morgan fingerprint density at radius 2 is 1.75 bits per heavy atom. The highest BCUT2D eigenvalue weighted by molar-refractivity contribution is 6.62. The fraction of sp³-hybridized carbons (Fsp3) is 0.846. The molecule has 2 atom stereocenters. The number of nitrogens with zero attached hydrogens (tertiary/aromatic N) is 2. The topological polar surface area (TPSA) is 59.1 Å². The van der Waals surface area contributed by atoms with Crippen molar-refractivity contribution in [3.8, 4) is 0 Å². The molecule has 114 valence electrons. The number of hydrogen-bond acceptors (Lipinski definition) is 4. The zero-order valence-corrected chi connectivity index (χ0v) is 13.1. The summed E-state index contributed by atoms with van der Waals surface area (Å²) in [7, 11) is 1.60. The summed E-state index contributed by atoms with van der Waals surface area (Å²) in [6.45, 7) is 7.36. The average Bonchev–Trinajstić information content (AvgIpc) is 2.79. The lowest BCUT2D eigenvalue weighted by atomic mass is 9.95. The number of likely N-dealkylation sites (tertiary alicyclic amines) is 2. The van der Waals surface area contributed by atoms with Gasteiger partial charge in [0, 0.05) is 26.1 Å². The molecule has 2 saturated heterocycles. The Morgan fingerprint density at radius 3 is 2.20 bits per heavy atom. The highest BCUT2D eigenvalue weighted by Crippen LogP contribution is 2.38. The van der Waals surface area contributed by atoms with Crippen LogP contribution >= 0.6 is 11.6 Å². The summed E-state index contributed by atoms with van der Waals surface area (Å²) < 4.78 is 11.0. The van der Waals surface area contributed by atoms with E-state index in [2.05, 4.69) is 0 Å². The number of ether oxygens (including phenoxy) is 2. The van der Waals surface area contributed by atoms with Crippen LogP contribution in [0, 0.1) is 5.92 Å². The summed E-state index contributed by atoms with van der Waals surface area (Å²) in [6, 6.07) is 0. The lowest BCUT2D eigenvalue weighted by molar-refractivity contribution is -0.0152. The summed E-state index contributed by atoms with van der Waals surface area (Å²) in [4.78, 5) is 26.6. The standard InChI is InChI=1S/C13H21ClN2O4/c1-12(2,3)20-11(18)16-6-9-5-15(10(14)17)7-13(9,8-16)19-4/h9H,5-8H2,1-4H3. The maximum Gasteiger partial charge on any atom is 0.410 e. The normalized spacial score (nSPS) is 29.6. The highest BCUT2D eigenvalue weighted by Gasteiger charge is 2.55. The van der Waals surface area contributed by atoms with Crippen LogP contribution in [0.5, 0.6) is 0 Å². The molecule has 2 unspecified atom stereocenters. The number of carbonyl (C=O) groups excluding carboxylic acids is 2. The molecule has 0 saturated carbocycles. The van der Waals surface area contributed by atoms with Crippen molar-refractivity contribution in [3.05, 3.63) is 0 Å². The first-order valence-electron chi connectivity index (χ1n) is 6.64. The van der Waals surface area contributed by atoms with Gasteiger partial charge in [0.15, 0.2) is 0 Å². The third kappa shape index (κ3) is 2.86. The minimum atomic E-state index is -0.526. The van der Waals surface area contributed by atoms with E-state index in [4.69, 9.17) is 21.1 Å². The molecule has 2 aliphatic rings. The number of amides is 2. The quantitative estimate of drug-likeness (QED) is 0.548. The predicted molar refractivity (Wildman–Crippen MR) is 73.9 cm³/mol. The molecule has 0 aromatic rings. The van der Waals surface area contributed by atoms with Crippen LogP contribution in [0.3, 0.4) is 0 Å². The van der Waals surface area contributed by atoms with E-state index in [1.54, 1.807) is 16.9 Å². The summed E-state index contributed by atoms with van der Waals surface area (Å²) in [6.07, 6.45) is -0.341. The number of hydrogen-bond donors (Lipinski definition) is 0. The summed E-state index contributed by atoms with van der Waals surface area (Å²) in [5, 5.41) is -0.473. The minimum Gasteiger partial charge on any atom is -0.444 e. The first kappa shape index (κ1) is 15.4. The Morgan fingerprint density at radius 1 is 1.20 bits per heavy atom. The molecule has 0 N–H and O–H groups in total. The zero-order valence-electron chi connectivity index (χ0n) is 12.3. The molecule has 0 aliphatic carbocycles. The lowest BCUT2D eigenvalue weighted by Crippen LogP contribution is -2.44. The van der Waals surface area contributed by atoms with Gasteiger partial charge in [-0.05, 0) is 32.4 Å². The SMILES string of the molecule is COC12CN(C(=O)Cl)CC1CN(C(=O)OC(C)(C)C)C2. The van der Waals surface area contributed by atoms with E-state index in [0.717, 1.165) is 0 Å². The van der Waals surface area contributed by atoms with E-state index in [0.29, 0.717) is 26.2 Å². The Hall–Kier alpha value is -1.01. The van der Waals surface area contributed by atoms with Crippen molar-refractivity contribution in [2.75, 3.05) is 33.3 Å². The second-order valence-electron chi connectivity index (χ2n) is 6.46. The molecule has 2 rings (SSSR count). The maximum absolute atomic E-state index is 12.1. The van der Waals surface area contributed by atoms with E-state index in [-0.39, 0.29) is 12.0 Å². The number of methoxy groups -OCH3 is 1. The van der Waals surface area contributed by atoms with Gasteiger partial charge in [0.25, 0.3) is 0 Å². The van der Waals surface area contributed by atoms with Crippen molar-refractivity contribution in [3.63, 3.8) is 0 Å². The Bertz CT molecular complexity index is 423. The molecule has 2 fully saturated rings. The average molecular weight is 305 g/mol. The van der Waals surface area contributed by atoms with Crippen LogP contribution in [0.25, 0.3) is 0 Å². The number of fused-ring (bicyclic) bond motifs is 1. The van der Waals surface area contributed by atoms with E-state index < -0.39 is 16.6 Å². The van der Waals surface area contributed by atoms with Crippen molar-refractivity contribution < 1.29 is 19.1 Å². The van der Waals surface area contributed by atoms with Gasteiger partial charge >= 0.3 is 11.5 Å². The molecule has 2 amide bonds. The van der Waals surface area contributed by atoms with Crippen molar-refractivity contribution in [2.24, 2.45) is 5.92 Å². The maximum atomic E-state index is 12.1. The number of halogens is 1. The van der Waals surface area contributed by atoms with Gasteiger partial charge in [-0.15, -0.1) is 0 Å². The third-order valence-corrected chi connectivity index (χ3v) is 4.09. The zero-order chi connectivity index (χ0) is 15.1. The van der Waals surface area contributed by atoms with E-state index in [1.165, 1.54) is 0 Å². The van der Waals surface area contributed by atoms with Gasteiger partial charge in [-0.1, -0.05) is 0 Å². The fourth-order valence-corrected chi connectivity index (χ4v) is 3.03. The van der Waals surface area contributed by atoms with Gasteiger partial charge in [0.1, 0.15) is 11.2 Å². The molecule has 0 aromatic heterocycles. The van der Waals surface area contributed by atoms with Gasteiger partial charge in [-0.25, -0.2) is 4.79 Å². The molecule has 0 spiro atoms. The van der Waals surface area contributed by atoms with Crippen molar-refractivity contribution >= 4 is 23.1 Å². The monoisotopic (exact) mass is 304 g/mol.